The lowest BCUT2D eigenvalue weighted by Gasteiger charge is -2.37. The minimum Gasteiger partial charge on any atom is -0.306 e. The molecule has 1 nitrogen and oxygen atoms in total. The van der Waals surface area contributed by atoms with E-state index in [1.165, 1.54) is 30.8 Å². The summed E-state index contributed by atoms with van der Waals surface area (Å²) >= 11 is 7.72. The molecule has 0 N–H and O–H groups in total. The molecule has 1 aromatic heterocycles. The van der Waals surface area contributed by atoms with Crippen LogP contribution in [0.2, 0.25) is 4.34 Å². The summed E-state index contributed by atoms with van der Waals surface area (Å²) < 4.78 is 0.917. The molecular weight excluding hydrogens is 214 g/mol. The van der Waals surface area contributed by atoms with Crippen molar-refractivity contribution in [3.63, 3.8) is 0 Å². The summed E-state index contributed by atoms with van der Waals surface area (Å²) in [6.45, 7) is 4.76. The Balaban J connectivity index is 2.16. The van der Waals surface area contributed by atoms with Crippen molar-refractivity contribution in [2.24, 2.45) is 0 Å². The second-order valence-electron chi connectivity index (χ2n) is 4.47. The first kappa shape index (κ1) is 10.5. The quantitative estimate of drug-likeness (QED) is 0.714. The second kappa shape index (κ2) is 3.84. The molecule has 0 unspecified atom stereocenters. The first-order valence-electron chi connectivity index (χ1n) is 5.04. The number of piperidine rings is 1. The van der Waals surface area contributed by atoms with Crippen LogP contribution in [0.3, 0.4) is 0 Å². The van der Waals surface area contributed by atoms with Crippen molar-refractivity contribution >= 4 is 22.9 Å². The zero-order chi connectivity index (χ0) is 10.2. The molecule has 2 heterocycles. The molecule has 0 spiro atoms. The van der Waals surface area contributed by atoms with E-state index < -0.39 is 0 Å². The highest BCUT2D eigenvalue weighted by Crippen LogP contribution is 2.39. The van der Waals surface area contributed by atoms with Crippen molar-refractivity contribution in [1.82, 2.24) is 4.90 Å². The van der Waals surface area contributed by atoms with Gasteiger partial charge in [0.15, 0.2) is 0 Å². The molecule has 1 aromatic rings. The zero-order valence-corrected chi connectivity index (χ0v) is 10.3. The molecule has 0 saturated carbocycles. The van der Waals surface area contributed by atoms with Gasteiger partial charge in [0.05, 0.1) is 4.34 Å². The molecule has 0 amide bonds. The summed E-state index contributed by atoms with van der Waals surface area (Å²) in [5.74, 6) is 0. The Morgan fingerprint density at radius 2 is 2.00 bits per heavy atom. The van der Waals surface area contributed by atoms with Crippen molar-refractivity contribution in [2.75, 3.05) is 20.1 Å². The average Bonchev–Trinajstić information content (AvgIpc) is 2.58. The topological polar surface area (TPSA) is 3.24 Å². The number of nitrogens with zero attached hydrogens (tertiary/aromatic N) is 1. The highest BCUT2D eigenvalue weighted by Gasteiger charge is 2.31. The highest BCUT2D eigenvalue weighted by atomic mass is 35.5. The van der Waals surface area contributed by atoms with Gasteiger partial charge in [-0.15, -0.1) is 11.3 Å². The number of hydrogen-bond acceptors (Lipinski definition) is 2. The van der Waals surface area contributed by atoms with Crippen molar-refractivity contribution in [3.05, 3.63) is 21.3 Å². The lowest BCUT2D eigenvalue weighted by Crippen LogP contribution is -2.38. The van der Waals surface area contributed by atoms with E-state index in [1.54, 1.807) is 11.3 Å². The van der Waals surface area contributed by atoms with Crippen LogP contribution in [-0.2, 0) is 5.41 Å². The van der Waals surface area contributed by atoms with E-state index in [0.29, 0.717) is 5.41 Å². The van der Waals surface area contributed by atoms with Gasteiger partial charge in [0.25, 0.3) is 0 Å². The van der Waals surface area contributed by atoms with Gasteiger partial charge in [0.2, 0.25) is 0 Å². The van der Waals surface area contributed by atoms with Crippen LogP contribution in [-0.4, -0.2) is 25.0 Å². The van der Waals surface area contributed by atoms with E-state index in [1.807, 2.05) is 6.07 Å². The molecule has 0 bridgehead atoms. The van der Waals surface area contributed by atoms with Gasteiger partial charge in [-0.05, 0) is 45.1 Å². The number of likely N-dealkylation sites (tertiary alicyclic amines) is 1. The van der Waals surface area contributed by atoms with E-state index in [0.717, 1.165) is 4.34 Å². The summed E-state index contributed by atoms with van der Waals surface area (Å²) in [6.07, 6.45) is 2.50. The van der Waals surface area contributed by atoms with Gasteiger partial charge in [-0.3, -0.25) is 0 Å². The van der Waals surface area contributed by atoms with Crippen molar-refractivity contribution in [2.45, 2.75) is 25.2 Å². The maximum atomic E-state index is 5.98. The van der Waals surface area contributed by atoms with Crippen molar-refractivity contribution in [1.29, 1.82) is 0 Å². The van der Waals surface area contributed by atoms with Gasteiger partial charge in [-0.2, -0.15) is 0 Å². The van der Waals surface area contributed by atoms with Gasteiger partial charge in [0, 0.05) is 10.3 Å². The smallest absolute Gasteiger partial charge is 0.0931 e. The summed E-state index contributed by atoms with van der Waals surface area (Å²) in [5.41, 5.74) is 0.365. The Morgan fingerprint density at radius 3 is 2.50 bits per heavy atom. The maximum absolute atomic E-state index is 5.98. The summed E-state index contributed by atoms with van der Waals surface area (Å²) in [6, 6.07) is 4.21. The van der Waals surface area contributed by atoms with Crippen LogP contribution >= 0.6 is 22.9 Å². The molecule has 78 valence electrons. The Bertz CT molecular complexity index is 313. The van der Waals surface area contributed by atoms with Gasteiger partial charge in [-0.25, -0.2) is 0 Å². The molecule has 14 heavy (non-hydrogen) atoms. The third kappa shape index (κ3) is 1.97. The van der Waals surface area contributed by atoms with Gasteiger partial charge in [0.1, 0.15) is 0 Å². The maximum Gasteiger partial charge on any atom is 0.0931 e. The lowest BCUT2D eigenvalue weighted by molar-refractivity contribution is 0.202. The van der Waals surface area contributed by atoms with Crippen LogP contribution in [0.5, 0.6) is 0 Å². The highest BCUT2D eigenvalue weighted by molar-refractivity contribution is 7.16. The molecule has 1 aliphatic rings. The normalized spacial score (nSPS) is 22.5. The van der Waals surface area contributed by atoms with Crippen LogP contribution in [0.15, 0.2) is 12.1 Å². The van der Waals surface area contributed by atoms with Crippen molar-refractivity contribution in [3.8, 4) is 0 Å². The Kier molecular flexibility index (Phi) is 2.87. The van der Waals surface area contributed by atoms with Gasteiger partial charge >= 0.3 is 0 Å². The first-order valence-corrected chi connectivity index (χ1v) is 6.24. The summed E-state index contributed by atoms with van der Waals surface area (Å²) in [7, 11) is 2.20. The Hall–Kier alpha value is -0.0500. The largest absolute Gasteiger partial charge is 0.306 e. The number of halogens is 1. The number of rotatable bonds is 1. The van der Waals surface area contributed by atoms with Crippen LogP contribution in [0.25, 0.3) is 0 Å². The van der Waals surface area contributed by atoms with E-state index in [4.69, 9.17) is 11.6 Å². The molecule has 0 aliphatic carbocycles. The van der Waals surface area contributed by atoms with Gasteiger partial charge in [-0.1, -0.05) is 18.5 Å². The number of thiophene rings is 1. The fraction of sp³-hybridized carbons (Fsp3) is 0.636. The summed E-state index contributed by atoms with van der Waals surface area (Å²) in [5, 5.41) is 0. The van der Waals surface area contributed by atoms with Crippen LogP contribution in [0, 0.1) is 0 Å². The second-order valence-corrected chi connectivity index (χ2v) is 6.18. The molecule has 1 aliphatic heterocycles. The standard InChI is InChI=1S/C11H16ClNS/c1-11(5-7-13(2)8-6-11)9-3-4-10(12)14-9/h3-4H,5-8H2,1-2H3. The van der Waals surface area contributed by atoms with E-state index >= 15 is 0 Å². The predicted molar refractivity (Wildman–Crippen MR) is 63.4 cm³/mol. The molecule has 1 saturated heterocycles. The minimum atomic E-state index is 0.365. The monoisotopic (exact) mass is 229 g/mol. The van der Waals surface area contributed by atoms with Crippen LogP contribution in [0.1, 0.15) is 24.6 Å². The fourth-order valence-corrected chi connectivity index (χ4v) is 3.24. The number of hydrogen-bond donors (Lipinski definition) is 0. The Morgan fingerprint density at radius 1 is 1.36 bits per heavy atom. The molecule has 0 atom stereocenters. The van der Waals surface area contributed by atoms with E-state index in [-0.39, 0.29) is 0 Å². The molecule has 0 aromatic carbocycles. The molecular formula is C11H16ClNS. The first-order chi connectivity index (χ1) is 6.60. The Labute approximate surface area is 94.7 Å². The van der Waals surface area contributed by atoms with E-state index in [9.17, 15) is 0 Å². The zero-order valence-electron chi connectivity index (χ0n) is 8.72. The molecule has 3 heteroatoms. The molecule has 1 fully saturated rings. The average molecular weight is 230 g/mol. The van der Waals surface area contributed by atoms with Crippen LogP contribution in [0.4, 0.5) is 0 Å². The third-order valence-corrected chi connectivity index (χ3v) is 4.80. The third-order valence-electron chi connectivity index (χ3n) is 3.26. The summed E-state index contributed by atoms with van der Waals surface area (Å²) in [4.78, 5) is 3.85. The SMILES string of the molecule is CN1CCC(C)(c2ccc(Cl)s2)CC1. The van der Waals surface area contributed by atoms with Gasteiger partial charge < -0.3 is 4.90 Å². The molecule has 0 radical (unpaired) electrons. The van der Waals surface area contributed by atoms with E-state index in [2.05, 4.69) is 24.9 Å². The fourth-order valence-electron chi connectivity index (χ4n) is 2.00. The minimum absolute atomic E-state index is 0.365. The molecule has 2 rings (SSSR count). The predicted octanol–water partition coefficient (Wildman–Crippen LogP) is 3.38. The van der Waals surface area contributed by atoms with Crippen LogP contribution < -0.4 is 0 Å². The lowest BCUT2D eigenvalue weighted by atomic mass is 9.79. The van der Waals surface area contributed by atoms with Crippen molar-refractivity contribution < 1.29 is 0 Å².